The van der Waals surface area contributed by atoms with Crippen molar-refractivity contribution in [3.63, 3.8) is 0 Å². The Morgan fingerprint density at radius 2 is 2.24 bits per heavy atom. The van der Waals surface area contributed by atoms with Crippen LogP contribution in [0.25, 0.3) is 5.65 Å². The third-order valence-electron chi connectivity index (χ3n) is 4.92. The highest BCUT2D eigenvalue weighted by Crippen LogP contribution is 2.20. The van der Waals surface area contributed by atoms with E-state index >= 15 is 0 Å². The molecule has 3 aromatic heterocycles. The molecule has 0 N–H and O–H groups in total. The van der Waals surface area contributed by atoms with Crippen molar-refractivity contribution in [3.05, 3.63) is 58.7 Å². The largest absolute Gasteiger partial charge is 0.293 e. The van der Waals surface area contributed by atoms with Crippen molar-refractivity contribution >= 4 is 5.65 Å². The summed E-state index contributed by atoms with van der Waals surface area (Å²) in [5.41, 5.74) is 2.58. The molecule has 0 aromatic carbocycles. The lowest BCUT2D eigenvalue weighted by Crippen LogP contribution is -2.42. The molecule has 25 heavy (non-hydrogen) atoms. The van der Waals surface area contributed by atoms with E-state index in [9.17, 15) is 4.79 Å². The van der Waals surface area contributed by atoms with Gasteiger partial charge in [-0.1, -0.05) is 12.5 Å². The van der Waals surface area contributed by atoms with Crippen LogP contribution in [0, 0.1) is 6.92 Å². The number of hydrogen-bond acceptors (Lipinski definition) is 5. The Morgan fingerprint density at radius 3 is 3.08 bits per heavy atom. The lowest BCUT2D eigenvalue weighted by Gasteiger charge is -2.35. The highest BCUT2D eigenvalue weighted by molar-refractivity contribution is 5.46. The van der Waals surface area contributed by atoms with Crippen LogP contribution in [0.4, 0.5) is 0 Å². The van der Waals surface area contributed by atoms with Crippen molar-refractivity contribution in [3.8, 4) is 0 Å². The van der Waals surface area contributed by atoms with E-state index in [0.29, 0.717) is 12.6 Å². The maximum absolute atomic E-state index is 12.4. The molecular formula is C18H22N6O. The van der Waals surface area contributed by atoms with E-state index in [1.165, 1.54) is 12.8 Å². The van der Waals surface area contributed by atoms with Crippen LogP contribution in [-0.2, 0) is 13.1 Å². The number of nitrogens with zero attached hydrogens (tertiary/aromatic N) is 6. The molecule has 1 saturated heterocycles. The van der Waals surface area contributed by atoms with Crippen molar-refractivity contribution in [2.75, 3.05) is 6.54 Å². The molecule has 0 radical (unpaired) electrons. The molecule has 0 bridgehead atoms. The van der Waals surface area contributed by atoms with E-state index < -0.39 is 0 Å². The molecule has 1 fully saturated rings. The summed E-state index contributed by atoms with van der Waals surface area (Å²) in [5.74, 6) is 0. The van der Waals surface area contributed by atoms with E-state index in [-0.39, 0.29) is 5.56 Å². The molecule has 4 heterocycles. The normalized spacial score (nSPS) is 18.7. The molecule has 0 spiro atoms. The minimum Gasteiger partial charge on any atom is -0.293 e. The van der Waals surface area contributed by atoms with E-state index in [1.807, 2.05) is 23.7 Å². The fraction of sp³-hybridized carbons (Fsp3) is 0.444. The van der Waals surface area contributed by atoms with Crippen LogP contribution < -0.4 is 5.56 Å². The van der Waals surface area contributed by atoms with Gasteiger partial charge in [-0.25, -0.2) is 9.97 Å². The standard InChI is InChI=1S/C18H22N6O/c1-14-5-4-8-24-17(25)9-15(21-18(14)24)10-22-7-3-2-6-16(22)11-23-13-19-12-20-23/h4-5,8-9,12-13,16H,2-3,6-7,10-11H2,1H3/t16-/m1/s1. The van der Waals surface area contributed by atoms with Crippen molar-refractivity contribution < 1.29 is 0 Å². The average molecular weight is 338 g/mol. The number of aromatic nitrogens is 5. The van der Waals surface area contributed by atoms with Crippen molar-refractivity contribution in [1.82, 2.24) is 29.0 Å². The third-order valence-corrected chi connectivity index (χ3v) is 4.92. The van der Waals surface area contributed by atoms with Crippen LogP contribution in [0.15, 0.2) is 41.8 Å². The number of likely N-dealkylation sites (tertiary alicyclic amines) is 1. The molecule has 7 heteroatoms. The Morgan fingerprint density at radius 1 is 1.32 bits per heavy atom. The Labute approximate surface area is 145 Å². The third kappa shape index (κ3) is 3.32. The van der Waals surface area contributed by atoms with Crippen molar-refractivity contribution in [2.24, 2.45) is 0 Å². The van der Waals surface area contributed by atoms with Crippen molar-refractivity contribution in [2.45, 2.75) is 45.3 Å². The van der Waals surface area contributed by atoms with Crippen molar-refractivity contribution in [1.29, 1.82) is 0 Å². The molecule has 0 aliphatic carbocycles. The number of piperidine rings is 1. The SMILES string of the molecule is Cc1cccn2c(=O)cc(CN3CCCC[C@@H]3Cn3cncn3)nc12. The number of hydrogen-bond donors (Lipinski definition) is 0. The van der Waals surface area contributed by atoms with E-state index in [1.54, 1.807) is 29.3 Å². The van der Waals surface area contributed by atoms with Gasteiger partial charge in [0.25, 0.3) is 5.56 Å². The van der Waals surface area contributed by atoms with E-state index in [2.05, 4.69) is 15.0 Å². The summed E-state index contributed by atoms with van der Waals surface area (Å²) in [5, 5.41) is 4.23. The average Bonchev–Trinajstić information content (AvgIpc) is 3.11. The first-order valence-electron chi connectivity index (χ1n) is 8.75. The smallest absolute Gasteiger partial charge is 0.258 e. The van der Waals surface area contributed by atoms with Gasteiger partial charge in [0.05, 0.1) is 12.2 Å². The minimum absolute atomic E-state index is 0.0199. The van der Waals surface area contributed by atoms with Gasteiger partial charge in [-0.15, -0.1) is 0 Å². The fourth-order valence-corrected chi connectivity index (χ4v) is 3.62. The quantitative estimate of drug-likeness (QED) is 0.723. The number of pyridine rings is 1. The minimum atomic E-state index is -0.0199. The van der Waals surface area contributed by atoms with Gasteiger partial charge in [-0.05, 0) is 37.9 Å². The summed E-state index contributed by atoms with van der Waals surface area (Å²) in [6, 6.07) is 5.92. The molecule has 0 saturated carbocycles. The van der Waals surface area contributed by atoms with Crippen LogP contribution in [0.3, 0.4) is 0 Å². The zero-order chi connectivity index (χ0) is 17.2. The monoisotopic (exact) mass is 338 g/mol. The van der Waals surface area contributed by atoms with Gasteiger partial charge < -0.3 is 0 Å². The zero-order valence-corrected chi connectivity index (χ0v) is 14.4. The topological polar surface area (TPSA) is 68.3 Å². The highest BCUT2D eigenvalue weighted by Gasteiger charge is 2.23. The molecular weight excluding hydrogens is 316 g/mol. The van der Waals surface area contributed by atoms with Gasteiger partial charge in [-0.2, -0.15) is 5.10 Å². The summed E-state index contributed by atoms with van der Waals surface area (Å²) in [6.07, 6.45) is 8.64. The molecule has 1 atom stereocenters. The van der Waals surface area contributed by atoms with Crippen LogP contribution >= 0.6 is 0 Å². The molecule has 7 nitrogen and oxygen atoms in total. The van der Waals surface area contributed by atoms with Gasteiger partial charge in [0.1, 0.15) is 18.3 Å². The Hall–Kier alpha value is -2.54. The van der Waals surface area contributed by atoms with Crippen LogP contribution in [0.1, 0.15) is 30.5 Å². The lowest BCUT2D eigenvalue weighted by molar-refractivity contribution is 0.120. The first-order chi connectivity index (χ1) is 12.2. The second-order valence-electron chi connectivity index (χ2n) is 6.71. The molecule has 1 aliphatic rings. The zero-order valence-electron chi connectivity index (χ0n) is 14.4. The summed E-state index contributed by atoms with van der Waals surface area (Å²) in [7, 11) is 0. The first kappa shape index (κ1) is 16.0. The second-order valence-corrected chi connectivity index (χ2v) is 6.71. The summed E-state index contributed by atoms with van der Waals surface area (Å²) >= 11 is 0. The van der Waals surface area contributed by atoms with Gasteiger partial charge >= 0.3 is 0 Å². The predicted molar refractivity (Wildman–Crippen MR) is 94.3 cm³/mol. The van der Waals surface area contributed by atoms with Gasteiger partial charge in [0.2, 0.25) is 0 Å². The number of aryl methyl sites for hydroxylation is 1. The Bertz CT molecular complexity index is 917. The van der Waals surface area contributed by atoms with Gasteiger partial charge in [0, 0.05) is 24.8 Å². The second kappa shape index (κ2) is 6.76. The molecule has 1 aliphatic heterocycles. The summed E-state index contributed by atoms with van der Waals surface area (Å²) < 4.78 is 3.50. The summed E-state index contributed by atoms with van der Waals surface area (Å²) in [6.45, 7) is 4.53. The first-order valence-corrected chi connectivity index (χ1v) is 8.75. The maximum Gasteiger partial charge on any atom is 0.258 e. The van der Waals surface area contributed by atoms with Gasteiger partial charge in [0.15, 0.2) is 0 Å². The predicted octanol–water partition coefficient (Wildman–Crippen LogP) is 1.65. The van der Waals surface area contributed by atoms with Gasteiger partial charge in [-0.3, -0.25) is 18.8 Å². The molecule has 3 aromatic rings. The molecule has 0 amide bonds. The fourth-order valence-electron chi connectivity index (χ4n) is 3.62. The highest BCUT2D eigenvalue weighted by atomic mass is 16.1. The Balaban J connectivity index is 1.60. The summed E-state index contributed by atoms with van der Waals surface area (Å²) in [4.78, 5) is 23.6. The van der Waals surface area contributed by atoms with Crippen LogP contribution in [0.2, 0.25) is 0 Å². The van der Waals surface area contributed by atoms with E-state index in [0.717, 1.165) is 36.4 Å². The molecule has 4 rings (SSSR count). The lowest BCUT2D eigenvalue weighted by atomic mass is 10.0. The van der Waals surface area contributed by atoms with Crippen LogP contribution in [-0.4, -0.2) is 41.6 Å². The van der Waals surface area contributed by atoms with E-state index in [4.69, 9.17) is 4.98 Å². The number of rotatable bonds is 4. The maximum atomic E-state index is 12.4. The molecule has 0 unspecified atom stereocenters. The molecule has 130 valence electrons. The Kier molecular flexibility index (Phi) is 4.31. The van der Waals surface area contributed by atoms with Crippen LogP contribution in [0.5, 0.6) is 0 Å². The number of fused-ring (bicyclic) bond motifs is 1.